The lowest BCUT2D eigenvalue weighted by Gasteiger charge is -2.06. The second kappa shape index (κ2) is 13.8. The average Bonchev–Trinajstić information content (AvgIpc) is 2.41. The van der Waals surface area contributed by atoms with Gasteiger partial charge in [-0.25, -0.2) is 0 Å². The van der Waals surface area contributed by atoms with Gasteiger partial charge in [-0.1, -0.05) is 5.11 Å². The highest BCUT2D eigenvalue weighted by Crippen LogP contribution is 1.95. The fourth-order valence-corrected chi connectivity index (χ4v) is 1.30. The van der Waals surface area contributed by atoms with E-state index in [1.54, 1.807) is 0 Å². The topological polar surface area (TPSA) is 113 Å². The van der Waals surface area contributed by atoms with Gasteiger partial charge in [0.15, 0.2) is 5.78 Å². The van der Waals surface area contributed by atoms with E-state index in [2.05, 4.69) is 15.3 Å². The number of nitrogens with zero attached hydrogens (tertiary/aromatic N) is 3. The van der Waals surface area contributed by atoms with E-state index in [1.807, 2.05) is 0 Å². The van der Waals surface area contributed by atoms with E-state index in [0.717, 1.165) is 0 Å². The van der Waals surface area contributed by atoms with Crippen LogP contribution in [0.2, 0.25) is 0 Å². The second-order valence-electron chi connectivity index (χ2n) is 4.13. The van der Waals surface area contributed by atoms with E-state index >= 15 is 0 Å². The molecule has 0 aliphatic heterocycles. The summed E-state index contributed by atoms with van der Waals surface area (Å²) in [5.41, 5.74) is 8.06. The molecule has 20 heavy (non-hydrogen) atoms. The minimum Gasteiger partial charge on any atom is -0.377 e. The van der Waals surface area contributed by atoms with Crippen LogP contribution in [-0.2, 0) is 19.1 Å². The summed E-state index contributed by atoms with van der Waals surface area (Å²) in [6.45, 7) is 3.62. The molecule has 0 bridgehead atoms. The summed E-state index contributed by atoms with van der Waals surface area (Å²) in [7, 11) is 0. The van der Waals surface area contributed by atoms with Crippen molar-refractivity contribution in [3.8, 4) is 0 Å². The number of carbonyl (C=O) groups is 2. The maximum atomic E-state index is 11.4. The number of amides is 1. The molecule has 114 valence electrons. The normalized spacial score (nSPS) is 9.85. The van der Waals surface area contributed by atoms with Gasteiger partial charge >= 0.3 is 0 Å². The van der Waals surface area contributed by atoms with Gasteiger partial charge in [-0.3, -0.25) is 9.59 Å². The van der Waals surface area contributed by atoms with Crippen molar-refractivity contribution in [2.75, 3.05) is 39.5 Å². The van der Waals surface area contributed by atoms with Crippen molar-refractivity contribution in [3.05, 3.63) is 10.4 Å². The molecular formula is C12H22N4O4. The Hall–Kier alpha value is -1.63. The zero-order valence-corrected chi connectivity index (χ0v) is 11.8. The summed E-state index contributed by atoms with van der Waals surface area (Å²) in [5.74, 6) is -0.0555. The smallest absolute Gasteiger partial charge is 0.220 e. The molecule has 8 nitrogen and oxygen atoms in total. The van der Waals surface area contributed by atoms with Gasteiger partial charge in [-0.05, 0) is 25.3 Å². The molecule has 1 N–H and O–H groups in total. The van der Waals surface area contributed by atoms with Crippen LogP contribution in [0.4, 0.5) is 0 Å². The van der Waals surface area contributed by atoms with E-state index in [4.69, 9.17) is 15.0 Å². The largest absolute Gasteiger partial charge is 0.377 e. The van der Waals surface area contributed by atoms with Crippen LogP contribution in [0.25, 0.3) is 10.4 Å². The van der Waals surface area contributed by atoms with E-state index in [1.165, 1.54) is 6.92 Å². The predicted octanol–water partition coefficient (Wildman–Crippen LogP) is 1.21. The molecule has 8 heteroatoms. The highest BCUT2D eigenvalue weighted by Gasteiger charge is 2.00. The molecule has 0 atom stereocenters. The van der Waals surface area contributed by atoms with Gasteiger partial charge in [0, 0.05) is 24.4 Å². The minimum atomic E-state index is -0.0395. The summed E-state index contributed by atoms with van der Waals surface area (Å²) in [6.07, 6.45) is 1.83. The van der Waals surface area contributed by atoms with Crippen molar-refractivity contribution in [1.82, 2.24) is 5.32 Å². The summed E-state index contributed by atoms with van der Waals surface area (Å²) in [4.78, 5) is 24.5. The Morgan fingerprint density at radius 3 is 2.65 bits per heavy atom. The number of azide groups is 1. The van der Waals surface area contributed by atoms with Crippen molar-refractivity contribution in [1.29, 1.82) is 0 Å². The third-order valence-electron chi connectivity index (χ3n) is 2.22. The maximum absolute atomic E-state index is 11.4. The SMILES string of the molecule is CC(=O)COCCOCCNC(=O)CCCCN=[N+]=[N-]. The third-order valence-corrected chi connectivity index (χ3v) is 2.22. The average molecular weight is 286 g/mol. The Kier molecular flexibility index (Phi) is 12.7. The Morgan fingerprint density at radius 2 is 1.95 bits per heavy atom. The molecule has 0 saturated carbocycles. The van der Waals surface area contributed by atoms with Gasteiger partial charge in [0.05, 0.1) is 19.8 Å². The monoisotopic (exact) mass is 286 g/mol. The van der Waals surface area contributed by atoms with Crippen molar-refractivity contribution >= 4 is 11.7 Å². The molecule has 0 spiro atoms. The molecule has 0 rings (SSSR count). The molecule has 0 unspecified atom stereocenters. The molecule has 0 saturated heterocycles. The van der Waals surface area contributed by atoms with E-state index in [-0.39, 0.29) is 18.3 Å². The number of nitrogens with one attached hydrogen (secondary N) is 1. The first-order valence-electron chi connectivity index (χ1n) is 6.59. The summed E-state index contributed by atoms with van der Waals surface area (Å²) < 4.78 is 10.2. The highest BCUT2D eigenvalue weighted by atomic mass is 16.5. The van der Waals surface area contributed by atoms with E-state index in [9.17, 15) is 9.59 Å². The summed E-state index contributed by atoms with van der Waals surface area (Å²) >= 11 is 0. The molecule has 0 aliphatic carbocycles. The molecular weight excluding hydrogens is 264 g/mol. The molecule has 1 amide bonds. The van der Waals surface area contributed by atoms with E-state index < -0.39 is 0 Å². The van der Waals surface area contributed by atoms with Crippen molar-refractivity contribution in [3.63, 3.8) is 0 Å². The van der Waals surface area contributed by atoms with Gasteiger partial charge in [0.25, 0.3) is 0 Å². The number of ether oxygens (including phenoxy) is 2. The Morgan fingerprint density at radius 1 is 1.20 bits per heavy atom. The lowest BCUT2D eigenvalue weighted by atomic mass is 10.2. The van der Waals surface area contributed by atoms with Crippen LogP contribution < -0.4 is 5.32 Å². The molecule has 0 aromatic rings. The molecule has 0 radical (unpaired) electrons. The molecule has 0 aromatic carbocycles. The predicted molar refractivity (Wildman–Crippen MR) is 73.2 cm³/mol. The van der Waals surface area contributed by atoms with Crippen LogP contribution >= 0.6 is 0 Å². The van der Waals surface area contributed by atoms with Gasteiger partial charge in [0.1, 0.15) is 6.61 Å². The Balaban J connectivity index is 3.22. The molecule has 0 aromatic heterocycles. The maximum Gasteiger partial charge on any atom is 0.220 e. The van der Waals surface area contributed by atoms with Crippen LogP contribution in [0.3, 0.4) is 0 Å². The lowest BCUT2D eigenvalue weighted by Crippen LogP contribution is -2.27. The van der Waals surface area contributed by atoms with Crippen LogP contribution in [0.1, 0.15) is 26.2 Å². The van der Waals surface area contributed by atoms with Crippen LogP contribution in [0.15, 0.2) is 5.11 Å². The number of carbonyl (C=O) groups excluding carboxylic acids is 2. The van der Waals surface area contributed by atoms with Crippen LogP contribution in [0.5, 0.6) is 0 Å². The van der Waals surface area contributed by atoms with Gasteiger partial charge < -0.3 is 14.8 Å². The van der Waals surface area contributed by atoms with Crippen LogP contribution in [-0.4, -0.2) is 51.2 Å². The lowest BCUT2D eigenvalue weighted by molar-refractivity contribution is -0.123. The zero-order chi connectivity index (χ0) is 15.1. The summed E-state index contributed by atoms with van der Waals surface area (Å²) in [5, 5.41) is 6.11. The van der Waals surface area contributed by atoms with Gasteiger partial charge in [0.2, 0.25) is 5.91 Å². The zero-order valence-electron chi connectivity index (χ0n) is 11.8. The van der Waals surface area contributed by atoms with Crippen LogP contribution in [0, 0.1) is 0 Å². The number of hydrogen-bond donors (Lipinski definition) is 1. The fraction of sp³-hybridized carbons (Fsp3) is 0.833. The first-order chi connectivity index (χ1) is 9.66. The number of Topliss-reactive ketones (excluding diaryl/α,β-unsaturated/α-hetero) is 1. The minimum absolute atomic E-state index is 0.0160. The molecule has 0 fully saturated rings. The van der Waals surface area contributed by atoms with Crippen molar-refractivity contribution in [2.24, 2.45) is 5.11 Å². The number of rotatable bonds is 13. The number of hydrogen-bond acceptors (Lipinski definition) is 5. The Labute approximate surface area is 118 Å². The quantitative estimate of drug-likeness (QED) is 0.237. The number of unbranched alkanes of at least 4 members (excludes halogenated alkanes) is 1. The standard InChI is InChI=1S/C12H22N4O4/c1-11(17)10-20-9-8-19-7-6-14-12(18)4-2-3-5-15-16-13/h2-10H2,1H3,(H,14,18). The third kappa shape index (κ3) is 14.4. The van der Waals surface area contributed by atoms with Gasteiger partial charge in [-0.2, -0.15) is 0 Å². The number of ketones is 1. The summed E-state index contributed by atoms with van der Waals surface area (Å²) in [6, 6.07) is 0. The van der Waals surface area contributed by atoms with Crippen molar-refractivity contribution in [2.45, 2.75) is 26.2 Å². The van der Waals surface area contributed by atoms with Crippen molar-refractivity contribution < 1.29 is 19.1 Å². The molecule has 0 aliphatic rings. The highest BCUT2D eigenvalue weighted by molar-refractivity contribution is 5.76. The van der Waals surface area contributed by atoms with Gasteiger partial charge in [-0.15, -0.1) is 0 Å². The molecule has 0 heterocycles. The Bertz CT molecular complexity index is 329. The first kappa shape index (κ1) is 18.4. The first-order valence-corrected chi connectivity index (χ1v) is 6.59. The second-order valence-corrected chi connectivity index (χ2v) is 4.13. The fourth-order valence-electron chi connectivity index (χ4n) is 1.30. The van der Waals surface area contributed by atoms with E-state index in [0.29, 0.717) is 52.2 Å².